The minimum atomic E-state index is -3.25. The Labute approximate surface area is 243 Å². The van der Waals surface area contributed by atoms with Crippen molar-refractivity contribution in [2.75, 3.05) is 39.7 Å². The predicted molar refractivity (Wildman–Crippen MR) is 158 cm³/mol. The zero-order valence-electron chi connectivity index (χ0n) is 25.0. The Kier molecular flexibility index (Phi) is 10.8. The average molecular weight is 590 g/mol. The summed E-state index contributed by atoms with van der Waals surface area (Å²) in [6, 6.07) is 8.45. The monoisotopic (exact) mass is 589 g/mol. The number of nitrogens with zero attached hydrogens (tertiary/aromatic N) is 1. The van der Waals surface area contributed by atoms with Gasteiger partial charge in [0.05, 0.1) is 32.1 Å². The Balaban J connectivity index is 1.50. The van der Waals surface area contributed by atoms with Crippen molar-refractivity contribution < 1.29 is 37.3 Å². The number of ketones is 2. The molecular formula is C31H43NO8S. The van der Waals surface area contributed by atoms with E-state index in [9.17, 15) is 23.1 Å². The van der Waals surface area contributed by atoms with Gasteiger partial charge in [-0.1, -0.05) is 20.8 Å². The van der Waals surface area contributed by atoms with Gasteiger partial charge < -0.3 is 19.3 Å². The SMILES string of the molecule is COc1ccc(C(=O)C2CCN(S(C)(=O)=O)CC2)cc1OCCCCOc1ccc(C(=O)CC(C)(C)C)c(O)c1C. The highest BCUT2D eigenvalue weighted by Gasteiger charge is 2.30. The second-order valence-electron chi connectivity index (χ2n) is 11.8. The van der Waals surface area contributed by atoms with Crippen molar-refractivity contribution in [2.45, 2.75) is 59.8 Å². The summed E-state index contributed by atoms with van der Waals surface area (Å²) in [6.07, 6.45) is 3.87. The molecule has 41 heavy (non-hydrogen) atoms. The highest BCUT2D eigenvalue weighted by atomic mass is 32.2. The van der Waals surface area contributed by atoms with Gasteiger partial charge in [0, 0.05) is 36.6 Å². The molecule has 1 fully saturated rings. The summed E-state index contributed by atoms with van der Waals surface area (Å²) in [4.78, 5) is 25.7. The molecule has 1 heterocycles. The molecule has 1 saturated heterocycles. The number of aromatic hydroxyl groups is 1. The summed E-state index contributed by atoms with van der Waals surface area (Å²) in [5.74, 6) is 1.14. The van der Waals surface area contributed by atoms with Crippen LogP contribution in [0.2, 0.25) is 0 Å². The lowest BCUT2D eigenvalue weighted by Crippen LogP contribution is -2.39. The highest BCUT2D eigenvalue weighted by molar-refractivity contribution is 7.88. The molecule has 226 valence electrons. The van der Waals surface area contributed by atoms with E-state index in [-0.39, 0.29) is 28.6 Å². The minimum Gasteiger partial charge on any atom is -0.507 e. The maximum absolute atomic E-state index is 13.1. The zero-order chi connectivity index (χ0) is 30.4. The molecule has 0 saturated carbocycles. The molecule has 0 unspecified atom stereocenters. The van der Waals surface area contributed by atoms with Gasteiger partial charge in [-0.05, 0) is 68.4 Å². The normalized spacial score (nSPS) is 15.0. The summed E-state index contributed by atoms with van der Waals surface area (Å²) < 4.78 is 42.2. The molecule has 0 atom stereocenters. The molecule has 0 spiro atoms. The average Bonchev–Trinajstić information content (AvgIpc) is 2.90. The molecule has 2 aromatic carbocycles. The number of hydrogen-bond acceptors (Lipinski definition) is 8. The number of Topliss-reactive ketones (excluding diaryl/α,β-unsaturated/α-hetero) is 2. The lowest BCUT2D eigenvalue weighted by molar-refractivity contribution is 0.0874. The molecule has 0 aliphatic carbocycles. The van der Waals surface area contributed by atoms with Crippen LogP contribution in [0.15, 0.2) is 30.3 Å². The van der Waals surface area contributed by atoms with Crippen LogP contribution in [-0.4, -0.2) is 69.1 Å². The summed E-state index contributed by atoms with van der Waals surface area (Å²) >= 11 is 0. The fraction of sp³-hybridized carbons (Fsp3) is 0.548. The van der Waals surface area contributed by atoms with Gasteiger partial charge in [0.15, 0.2) is 23.1 Å². The van der Waals surface area contributed by atoms with Gasteiger partial charge in [-0.2, -0.15) is 0 Å². The van der Waals surface area contributed by atoms with Crippen molar-refractivity contribution >= 4 is 21.6 Å². The van der Waals surface area contributed by atoms with Gasteiger partial charge in [0.25, 0.3) is 0 Å². The zero-order valence-corrected chi connectivity index (χ0v) is 25.8. The summed E-state index contributed by atoms with van der Waals surface area (Å²) in [6.45, 7) is 9.16. The largest absolute Gasteiger partial charge is 0.507 e. The molecule has 0 amide bonds. The molecule has 3 rings (SSSR count). The lowest BCUT2D eigenvalue weighted by Gasteiger charge is -2.29. The predicted octanol–water partition coefficient (Wildman–Crippen LogP) is 5.42. The first-order chi connectivity index (χ1) is 19.2. The number of ether oxygens (including phenoxy) is 3. The van der Waals surface area contributed by atoms with Crippen molar-refractivity contribution in [3.05, 3.63) is 47.0 Å². The molecule has 0 aromatic heterocycles. The lowest BCUT2D eigenvalue weighted by atomic mass is 9.87. The topological polar surface area (TPSA) is 119 Å². The van der Waals surface area contributed by atoms with E-state index < -0.39 is 10.0 Å². The van der Waals surface area contributed by atoms with Gasteiger partial charge in [0.2, 0.25) is 10.0 Å². The molecular weight excluding hydrogens is 546 g/mol. The van der Waals surface area contributed by atoms with E-state index in [1.165, 1.54) is 17.7 Å². The molecule has 1 N–H and O–H groups in total. The Bertz CT molecular complexity index is 1340. The Morgan fingerprint density at radius 3 is 2.12 bits per heavy atom. The number of piperidine rings is 1. The number of phenolic OH excluding ortho intramolecular Hbond substituents is 1. The third-order valence-electron chi connectivity index (χ3n) is 7.17. The first-order valence-corrected chi connectivity index (χ1v) is 15.8. The molecule has 1 aliphatic rings. The first kappa shape index (κ1) is 32.4. The number of unbranched alkanes of at least 4 members (excludes halogenated alkanes) is 1. The highest BCUT2D eigenvalue weighted by Crippen LogP contribution is 2.34. The summed E-state index contributed by atoms with van der Waals surface area (Å²) in [5, 5.41) is 10.6. The van der Waals surface area contributed by atoms with Crippen LogP contribution in [0.25, 0.3) is 0 Å². The quantitative estimate of drug-likeness (QED) is 0.243. The molecule has 2 aromatic rings. The first-order valence-electron chi connectivity index (χ1n) is 14.0. The Hall–Kier alpha value is -3.11. The van der Waals surface area contributed by atoms with Crippen LogP contribution < -0.4 is 14.2 Å². The molecule has 10 heteroatoms. The van der Waals surface area contributed by atoms with E-state index in [1.54, 1.807) is 37.3 Å². The van der Waals surface area contributed by atoms with Crippen molar-refractivity contribution in [3.8, 4) is 23.0 Å². The second-order valence-corrected chi connectivity index (χ2v) is 13.8. The fourth-order valence-corrected chi connectivity index (χ4v) is 5.71. The molecule has 1 aliphatic heterocycles. The summed E-state index contributed by atoms with van der Waals surface area (Å²) in [7, 11) is -1.71. The second kappa shape index (κ2) is 13.7. The number of carbonyl (C=O) groups excluding carboxylic acids is 2. The number of phenols is 1. The smallest absolute Gasteiger partial charge is 0.211 e. The van der Waals surface area contributed by atoms with Gasteiger partial charge in [0.1, 0.15) is 11.5 Å². The number of hydrogen-bond donors (Lipinski definition) is 1. The van der Waals surface area contributed by atoms with E-state index in [0.29, 0.717) is 92.3 Å². The van der Waals surface area contributed by atoms with Crippen LogP contribution in [0.3, 0.4) is 0 Å². The van der Waals surface area contributed by atoms with E-state index in [2.05, 4.69) is 0 Å². The van der Waals surface area contributed by atoms with Crippen LogP contribution in [0.1, 0.15) is 79.2 Å². The third-order valence-corrected chi connectivity index (χ3v) is 8.47. The Morgan fingerprint density at radius 2 is 1.56 bits per heavy atom. The number of methoxy groups -OCH3 is 1. The standard InChI is InChI=1S/C31H43NO8S/c1-21-26(12-10-24(29(21)34)25(33)20-31(2,3)4)39-17-7-8-18-40-28-19-23(9-11-27(28)38-5)30(35)22-13-15-32(16-14-22)41(6,36)37/h9-12,19,22,34H,7-8,13-18,20H2,1-6H3. The maximum atomic E-state index is 13.1. The van der Waals surface area contributed by atoms with Crippen LogP contribution in [0.5, 0.6) is 23.0 Å². The number of carbonyl (C=O) groups is 2. The van der Waals surface area contributed by atoms with Crippen molar-refractivity contribution in [2.24, 2.45) is 11.3 Å². The van der Waals surface area contributed by atoms with Crippen LogP contribution in [0, 0.1) is 18.3 Å². The van der Waals surface area contributed by atoms with Crippen LogP contribution in [0.4, 0.5) is 0 Å². The van der Waals surface area contributed by atoms with Gasteiger partial charge in [-0.25, -0.2) is 12.7 Å². The van der Waals surface area contributed by atoms with Gasteiger partial charge in [-0.15, -0.1) is 0 Å². The minimum absolute atomic E-state index is 0.0243. The summed E-state index contributed by atoms with van der Waals surface area (Å²) in [5.41, 5.74) is 1.19. The fourth-order valence-electron chi connectivity index (χ4n) is 4.84. The molecule has 9 nitrogen and oxygen atoms in total. The number of sulfonamides is 1. The van der Waals surface area contributed by atoms with Crippen LogP contribution in [-0.2, 0) is 10.0 Å². The maximum Gasteiger partial charge on any atom is 0.211 e. The van der Waals surface area contributed by atoms with Gasteiger partial charge in [-0.3, -0.25) is 9.59 Å². The van der Waals surface area contributed by atoms with Crippen molar-refractivity contribution in [1.82, 2.24) is 4.31 Å². The van der Waals surface area contributed by atoms with E-state index in [4.69, 9.17) is 14.2 Å². The van der Waals surface area contributed by atoms with E-state index >= 15 is 0 Å². The molecule has 0 bridgehead atoms. The third kappa shape index (κ3) is 8.94. The Morgan fingerprint density at radius 1 is 0.976 bits per heavy atom. The number of benzene rings is 2. The van der Waals surface area contributed by atoms with E-state index in [0.717, 1.165) is 0 Å². The van der Waals surface area contributed by atoms with Crippen molar-refractivity contribution in [3.63, 3.8) is 0 Å². The van der Waals surface area contributed by atoms with Gasteiger partial charge >= 0.3 is 0 Å². The van der Waals surface area contributed by atoms with Crippen molar-refractivity contribution in [1.29, 1.82) is 0 Å². The van der Waals surface area contributed by atoms with Crippen LogP contribution >= 0.6 is 0 Å². The number of rotatable bonds is 13. The van der Waals surface area contributed by atoms with E-state index in [1.807, 2.05) is 20.8 Å². The molecule has 0 radical (unpaired) electrons.